The molecule has 0 saturated carbocycles. The third kappa shape index (κ3) is 2.92. The highest BCUT2D eigenvalue weighted by Gasteiger charge is 2.17. The maximum atomic E-state index is 11.7. The van der Waals surface area contributed by atoms with Crippen molar-refractivity contribution in [2.45, 2.75) is 39.2 Å². The fraction of sp³-hybridized carbons (Fsp3) is 0.400. The van der Waals surface area contributed by atoms with Gasteiger partial charge in [-0.2, -0.15) is 0 Å². The molecule has 0 spiro atoms. The van der Waals surface area contributed by atoms with E-state index in [2.05, 4.69) is 0 Å². The van der Waals surface area contributed by atoms with Crippen LogP contribution < -0.4 is 5.73 Å². The average Bonchev–Trinajstić information content (AvgIpc) is 2.57. The zero-order valence-electron chi connectivity index (χ0n) is 11.1. The van der Waals surface area contributed by atoms with Crippen LogP contribution in [0.5, 0.6) is 0 Å². The predicted octanol–water partition coefficient (Wildman–Crippen LogP) is 2.43. The van der Waals surface area contributed by atoms with Crippen LogP contribution >= 0.6 is 0 Å². The second kappa shape index (κ2) is 4.48. The molecule has 0 saturated heterocycles. The van der Waals surface area contributed by atoms with E-state index in [9.17, 15) is 4.79 Å². The van der Waals surface area contributed by atoms with E-state index < -0.39 is 5.60 Å². The smallest absolute Gasteiger partial charge is 0.310 e. The lowest BCUT2D eigenvalue weighted by Gasteiger charge is -2.19. The van der Waals surface area contributed by atoms with Crippen molar-refractivity contribution in [1.29, 1.82) is 0 Å². The van der Waals surface area contributed by atoms with Gasteiger partial charge in [0.25, 0.3) is 0 Å². The molecular formula is C15H19NO2. The molecule has 0 radical (unpaired) electrons. The molecule has 0 atom stereocenters. The van der Waals surface area contributed by atoms with E-state index in [-0.39, 0.29) is 5.97 Å². The Bertz CT molecular complexity index is 510. The van der Waals surface area contributed by atoms with E-state index >= 15 is 0 Å². The van der Waals surface area contributed by atoms with E-state index in [0.717, 1.165) is 23.2 Å². The largest absolute Gasteiger partial charge is 0.460 e. The molecule has 3 heteroatoms. The second-order valence-corrected chi connectivity index (χ2v) is 5.62. The van der Waals surface area contributed by atoms with Crippen LogP contribution in [0.2, 0.25) is 0 Å². The van der Waals surface area contributed by atoms with Gasteiger partial charge in [-0.25, -0.2) is 0 Å². The van der Waals surface area contributed by atoms with Crippen molar-refractivity contribution in [3.8, 4) is 0 Å². The molecule has 1 aromatic rings. The van der Waals surface area contributed by atoms with E-state index in [1.807, 2.05) is 45.0 Å². The van der Waals surface area contributed by atoms with Crippen LogP contribution in [0.4, 0.5) is 0 Å². The zero-order valence-corrected chi connectivity index (χ0v) is 11.1. The van der Waals surface area contributed by atoms with Gasteiger partial charge in [0, 0.05) is 11.3 Å². The van der Waals surface area contributed by atoms with Crippen molar-refractivity contribution in [3.05, 3.63) is 41.0 Å². The summed E-state index contributed by atoms with van der Waals surface area (Å²) < 4.78 is 5.31. The van der Waals surface area contributed by atoms with Crippen LogP contribution in [0, 0.1) is 0 Å². The Labute approximate surface area is 108 Å². The Kier molecular flexibility index (Phi) is 3.16. The normalized spacial score (nSPS) is 14.1. The Morgan fingerprint density at radius 2 is 2.11 bits per heavy atom. The number of carbonyl (C=O) groups excluding carboxylic acids is 1. The second-order valence-electron chi connectivity index (χ2n) is 5.62. The Morgan fingerprint density at radius 1 is 1.39 bits per heavy atom. The summed E-state index contributed by atoms with van der Waals surface area (Å²) in [5.74, 6) is -0.193. The lowest BCUT2D eigenvalue weighted by Crippen LogP contribution is -2.24. The Hall–Kier alpha value is -1.77. The highest BCUT2D eigenvalue weighted by atomic mass is 16.6. The number of esters is 1. The minimum atomic E-state index is -0.431. The van der Waals surface area contributed by atoms with Gasteiger partial charge in [0.15, 0.2) is 0 Å². The fourth-order valence-corrected chi connectivity index (χ4v) is 2.08. The third-order valence-electron chi connectivity index (χ3n) is 2.79. The first-order valence-corrected chi connectivity index (χ1v) is 6.15. The Morgan fingerprint density at radius 3 is 2.78 bits per heavy atom. The molecule has 0 amide bonds. The number of carbonyl (C=O) groups is 1. The first kappa shape index (κ1) is 12.7. The van der Waals surface area contributed by atoms with Gasteiger partial charge < -0.3 is 10.5 Å². The van der Waals surface area contributed by atoms with Gasteiger partial charge in [-0.1, -0.05) is 24.3 Å². The molecule has 1 aromatic carbocycles. The van der Waals surface area contributed by atoms with Gasteiger partial charge in [-0.05, 0) is 38.3 Å². The van der Waals surface area contributed by atoms with Crippen LogP contribution in [-0.2, 0) is 22.4 Å². The van der Waals surface area contributed by atoms with E-state index in [0.29, 0.717) is 6.42 Å². The summed E-state index contributed by atoms with van der Waals surface area (Å²) >= 11 is 0. The topological polar surface area (TPSA) is 52.3 Å². The molecule has 0 aromatic heterocycles. The van der Waals surface area contributed by atoms with Gasteiger partial charge in [0.1, 0.15) is 5.60 Å². The number of allylic oxidation sites excluding steroid dienone is 1. The fourth-order valence-electron chi connectivity index (χ4n) is 2.08. The minimum absolute atomic E-state index is 0.193. The number of ether oxygens (including phenoxy) is 1. The quantitative estimate of drug-likeness (QED) is 0.814. The zero-order chi connectivity index (χ0) is 13.3. The van der Waals surface area contributed by atoms with Gasteiger partial charge in [0.05, 0.1) is 6.42 Å². The van der Waals surface area contributed by atoms with Gasteiger partial charge in [-0.15, -0.1) is 0 Å². The van der Waals surface area contributed by atoms with Gasteiger partial charge >= 0.3 is 5.97 Å². The monoisotopic (exact) mass is 245 g/mol. The summed E-state index contributed by atoms with van der Waals surface area (Å²) in [7, 11) is 0. The van der Waals surface area contributed by atoms with Crippen LogP contribution in [0.3, 0.4) is 0 Å². The standard InChI is InChI=1S/C15H19NO2/c1-15(2,3)18-14(17)9-10-4-6-12-11(8-10)5-7-13(12)16/h4,6-8H,5,9,16H2,1-3H3. The number of hydrogen-bond donors (Lipinski definition) is 1. The number of nitrogens with two attached hydrogens (primary N) is 1. The van der Waals surface area contributed by atoms with Crippen molar-refractivity contribution >= 4 is 11.7 Å². The lowest BCUT2D eigenvalue weighted by atomic mass is 10.0. The molecule has 0 fully saturated rings. The molecule has 0 unspecified atom stereocenters. The maximum absolute atomic E-state index is 11.7. The van der Waals surface area contributed by atoms with E-state index in [4.69, 9.17) is 10.5 Å². The molecule has 1 aliphatic rings. The summed E-state index contributed by atoms with van der Waals surface area (Å²) in [6.45, 7) is 5.62. The van der Waals surface area contributed by atoms with Crippen LogP contribution in [0.25, 0.3) is 5.70 Å². The molecule has 0 aliphatic heterocycles. The van der Waals surface area contributed by atoms with Crippen molar-refractivity contribution < 1.29 is 9.53 Å². The third-order valence-corrected chi connectivity index (χ3v) is 2.79. The first-order chi connectivity index (χ1) is 8.35. The molecule has 2 rings (SSSR count). The number of rotatable bonds is 2. The molecule has 2 N–H and O–H groups in total. The molecule has 18 heavy (non-hydrogen) atoms. The summed E-state index contributed by atoms with van der Waals surface area (Å²) in [4.78, 5) is 11.7. The molecule has 96 valence electrons. The molecular weight excluding hydrogens is 226 g/mol. The van der Waals surface area contributed by atoms with Crippen molar-refractivity contribution in [2.75, 3.05) is 0 Å². The first-order valence-electron chi connectivity index (χ1n) is 6.15. The van der Waals surface area contributed by atoms with Gasteiger partial charge in [0.2, 0.25) is 0 Å². The molecule has 0 bridgehead atoms. The van der Waals surface area contributed by atoms with Crippen LogP contribution in [-0.4, -0.2) is 11.6 Å². The van der Waals surface area contributed by atoms with E-state index in [1.54, 1.807) is 0 Å². The number of fused-ring (bicyclic) bond motifs is 1. The summed E-state index contributed by atoms with van der Waals surface area (Å²) in [5.41, 5.74) is 9.50. The van der Waals surface area contributed by atoms with Gasteiger partial charge in [-0.3, -0.25) is 4.79 Å². The summed E-state index contributed by atoms with van der Waals surface area (Å²) in [6, 6.07) is 5.96. The van der Waals surface area contributed by atoms with Crippen molar-refractivity contribution in [1.82, 2.24) is 0 Å². The lowest BCUT2D eigenvalue weighted by molar-refractivity contribution is -0.153. The molecule has 0 heterocycles. The molecule has 1 aliphatic carbocycles. The Balaban J connectivity index is 2.06. The van der Waals surface area contributed by atoms with Crippen LogP contribution in [0.1, 0.15) is 37.5 Å². The van der Waals surface area contributed by atoms with Crippen molar-refractivity contribution in [2.24, 2.45) is 5.73 Å². The predicted molar refractivity (Wildman–Crippen MR) is 71.9 cm³/mol. The van der Waals surface area contributed by atoms with Crippen molar-refractivity contribution in [3.63, 3.8) is 0 Å². The highest BCUT2D eigenvalue weighted by molar-refractivity contribution is 5.75. The highest BCUT2D eigenvalue weighted by Crippen LogP contribution is 2.25. The molecule has 3 nitrogen and oxygen atoms in total. The summed E-state index contributed by atoms with van der Waals surface area (Å²) in [5, 5.41) is 0. The average molecular weight is 245 g/mol. The van der Waals surface area contributed by atoms with E-state index in [1.165, 1.54) is 5.56 Å². The maximum Gasteiger partial charge on any atom is 0.310 e. The minimum Gasteiger partial charge on any atom is -0.460 e. The SMILES string of the molecule is CC(C)(C)OC(=O)Cc1ccc2c(c1)CC=C2N. The number of hydrogen-bond acceptors (Lipinski definition) is 3. The summed E-state index contributed by atoms with van der Waals surface area (Å²) in [6.07, 6.45) is 3.16. The number of benzene rings is 1. The van der Waals surface area contributed by atoms with Crippen LogP contribution in [0.15, 0.2) is 24.3 Å².